The van der Waals surface area contributed by atoms with E-state index in [4.69, 9.17) is 27.9 Å². The van der Waals surface area contributed by atoms with Crippen molar-refractivity contribution in [2.75, 3.05) is 10.2 Å². The van der Waals surface area contributed by atoms with E-state index in [2.05, 4.69) is 19.2 Å². The first kappa shape index (κ1) is 34.3. The van der Waals surface area contributed by atoms with E-state index in [1.807, 2.05) is 6.92 Å². The van der Waals surface area contributed by atoms with Crippen LogP contribution in [0.5, 0.6) is 0 Å². The van der Waals surface area contributed by atoms with Gasteiger partial charge in [-0.05, 0) is 49.9 Å². The smallest absolute Gasteiger partial charge is 0.421 e. The molecule has 0 aromatic heterocycles. The van der Waals surface area contributed by atoms with Crippen LogP contribution in [0.4, 0.5) is 16.2 Å². The van der Waals surface area contributed by atoms with Gasteiger partial charge < -0.3 is 10.1 Å². The Bertz CT molecular complexity index is 1140. The Morgan fingerprint density at radius 1 is 0.805 bits per heavy atom. The number of imide groups is 1. The van der Waals surface area contributed by atoms with Crippen LogP contribution in [0.25, 0.3) is 0 Å². The largest absolute Gasteiger partial charge is 0.446 e. The zero-order valence-corrected chi connectivity index (χ0v) is 25.8. The molecule has 1 unspecified atom stereocenters. The van der Waals surface area contributed by atoms with Crippen molar-refractivity contribution in [2.24, 2.45) is 0 Å². The second-order valence-corrected chi connectivity index (χ2v) is 11.4. The molecule has 0 fully saturated rings. The second kappa shape index (κ2) is 17.8. The van der Waals surface area contributed by atoms with Crippen LogP contribution in [-0.2, 0) is 14.3 Å². The third-order valence-electron chi connectivity index (χ3n) is 6.65. The summed E-state index contributed by atoms with van der Waals surface area (Å²) in [7, 11) is 0. The zero-order valence-electron chi connectivity index (χ0n) is 24.3. The van der Waals surface area contributed by atoms with Gasteiger partial charge in [0, 0.05) is 12.0 Å². The van der Waals surface area contributed by atoms with Gasteiger partial charge >= 0.3 is 6.09 Å². The average molecular weight is 606 g/mol. The molecule has 2 aromatic carbocycles. The molecule has 41 heavy (non-hydrogen) atoms. The van der Waals surface area contributed by atoms with E-state index in [9.17, 15) is 19.2 Å². The minimum absolute atomic E-state index is 0.0513. The highest BCUT2D eigenvalue weighted by Crippen LogP contribution is 2.34. The summed E-state index contributed by atoms with van der Waals surface area (Å²) in [6.07, 6.45) is 7.97. The fourth-order valence-corrected chi connectivity index (χ4v) is 4.76. The molecule has 1 N–H and O–H groups in total. The Kier molecular flexibility index (Phi) is 14.9. The first-order chi connectivity index (χ1) is 19.7. The van der Waals surface area contributed by atoms with E-state index in [-0.39, 0.29) is 29.3 Å². The summed E-state index contributed by atoms with van der Waals surface area (Å²) in [5.41, 5.74) is 0.290. The summed E-state index contributed by atoms with van der Waals surface area (Å²) < 4.78 is 3.18. The number of anilines is 2. The molecule has 7 nitrogen and oxygen atoms in total. The molecule has 2 aromatic rings. The van der Waals surface area contributed by atoms with Crippen LogP contribution < -0.4 is 10.2 Å². The molecule has 224 valence electrons. The van der Waals surface area contributed by atoms with Gasteiger partial charge in [0.05, 0.1) is 11.4 Å². The van der Waals surface area contributed by atoms with Crippen molar-refractivity contribution in [2.45, 2.75) is 102 Å². The first-order valence-electron chi connectivity index (χ1n) is 14.6. The molecule has 0 bridgehead atoms. The maximum absolute atomic E-state index is 13.8. The number of unbranched alkanes of at least 4 members (excludes halogenated alkanes) is 5. The van der Waals surface area contributed by atoms with Crippen molar-refractivity contribution in [1.29, 1.82) is 0 Å². The number of hydrogen-bond acceptors (Lipinski definition) is 5. The standard InChI is InChI=1S/C32H42Cl2N2O5/c1-4-7-9-10-14-21-25(20-8-5-2)41-31(40)36(24-18-12-11-13-19-24)30(39)32(33,34)29(38)26-22-15-16-23-27(26)35-28(37)17-6-3/h11-13,15-16,18-19,22-23,25H,4-10,14,17,20-21H2,1-3H3,(H,35,37). The Hall–Kier alpha value is -2.90. The molecule has 0 aliphatic rings. The fourth-order valence-electron chi connectivity index (χ4n) is 4.38. The molecule has 0 heterocycles. The molecule has 0 spiro atoms. The topological polar surface area (TPSA) is 92.8 Å². The molecule has 0 saturated heterocycles. The van der Waals surface area contributed by atoms with Gasteiger partial charge in [0.25, 0.3) is 10.2 Å². The number of carbonyl (C=O) groups excluding carboxylic acids is 4. The SMILES string of the molecule is CCCCCCCC(CCCC)OC(=O)N(C(=O)C(Cl)(Cl)C(=O)c1ccccc1NC(=O)CCC)c1ccccc1. The number of ether oxygens (including phenoxy) is 1. The monoisotopic (exact) mass is 604 g/mol. The van der Waals surface area contributed by atoms with Gasteiger partial charge in [-0.3, -0.25) is 14.4 Å². The number of nitrogens with zero attached hydrogens (tertiary/aromatic N) is 1. The van der Waals surface area contributed by atoms with Crippen LogP contribution in [0.1, 0.15) is 102 Å². The second-order valence-electron chi connectivity index (χ2n) is 10.1. The van der Waals surface area contributed by atoms with Crippen molar-refractivity contribution in [3.8, 4) is 0 Å². The highest BCUT2D eigenvalue weighted by atomic mass is 35.5. The minimum atomic E-state index is -2.68. The van der Waals surface area contributed by atoms with Crippen LogP contribution in [0.2, 0.25) is 0 Å². The molecule has 3 amide bonds. The third-order valence-corrected chi connectivity index (χ3v) is 7.32. The normalized spacial score (nSPS) is 11.9. The lowest BCUT2D eigenvalue weighted by Crippen LogP contribution is -2.50. The van der Waals surface area contributed by atoms with E-state index >= 15 is 0 Å². The van der Waals surface area contributed by atoms with Gasteiger partial charge in [0.1, 0.15) is 6.10 Å². The number of benzene rings is 2. The molecule has 2 rings (SSSR count). The van der Waals surface area contributed by atoms with Gasteiger partial charge in [-0.1, -0.05) is 113 Å². The molecular formula is C32H42Cl2N2O5. The predicted molar refractivity (Wildman–Crippen MR) is 166 cm³/mol. The number of hydrogen-bond donors (Lipinski definition) is 1. The number of rotatable bonds is 17. The quantitative estimate of drug-likeness (QED) is 0.0842. The lowest BCUT2D eigenvalue weighted by molar-refractivity contribution is -0.118. The van der Waals surface area contributed by atoms with Gasteiger partial charge in [0.15, 0.2) is 0 Å². The van der Waals surface area contributed by atoms with Gasteiger partial charge in [-0.25, -0.2) is 9.69 Å². The van der Waals surface area contributed by atoms with Crippen molar-refractivity contribution in [3.05, 3.63) is 60.2 Å². The average Bonchev–Trinajstić information content (AvgIpc) is 2.96. The number of halogens is 2. The lowest BCUT2D eigenvalue weighted by Gasteiger charge is -2.28. The zero-order chi connectivity index (χ0) is 30.3. The number of Topliss-reactive ketones (excluding diaryl/α,β-unsaturated/α-hetero) is 1. The van der Waals surface area contributed by atoms with Gasteiger partial charge in [0.2, 0.25) is 11.7 Å². The summed E-state index contributed by atoms with van der Waals surface area (Å²) in [5.74, 6) is -2.42. The number of nitrogens with one attached hydrogen (secondary N) is 1. The molecule has 9 heteroatoms. The number of carbonyl (C=O) groups is 4. The first-order valence-corrected chi connectivity index (χ1v) is 15.3. The molecular weight excluding hydrogens is 563 g/mol. The Morgan fingerprint density at radius 3 is 2.07 bits per heavy atom. The number of para-hydroxylation sites is 2. The summed E-state index contributed by atoms with van der Waals surface area (Å²) >= 11 is 13.0. The van der Waals surface area contributed by atoms with Crippen molar-refractivity contribution in [1.82, 2.24) is 0 Å². The Labute approximate surface area is 253 Å². The van der Waals surface area contributed by atoms with E-state index in [0.717, 1.165) is 49.8 Å². The molecule has 0 aliphatic carbocycles. The molecule has 0 radical (unpaired) electrons. The maximum atomic E-state index is 13.8. The van der Waals surface area contributed by atoms with Crippen LogP contribution in [-0.4, -0.2) is 34.1 Å². The van der Waals surface area contributed by atoms with E-state index in [1.54, 1.807) is 30.3 Å². The van der Waals surface area contributed by atoms with E-state index in [1.165, 1.54) is 24.3 Å². The Morgan fingerprint density at radius 2 is 1.41 bits per heavy atom. The van der Waals surface area contributed by atoms with Crippen LogP contribution in [0.15, 0.2) is 54.6 Å². The van der Waals surface area contributed by atoms with Gasteiger partial charge in [-0.2, -0.15) is 0 Å². The molecule has 0 aliphatic heterocycles. The van der Waals surface area contributed by atoms with E-state index < -0.39 is 28.2 Å². The number of amides is 3. The fraction of sp³-hybridized carbons (Fsp3) is 0.500. The van der Waals surface area contributed by atoms with Crippen LogP contribution in [0, 0.1) is 0 Å². The lowest BCUT2D eigenvalue weighted by atomic mass is 10.0. The van der Waals surface area contributed by atoms with Crippen molar-refractivity contribution >= 4 is 58.3 Å². The summed E-state index contributed by atoms with van der Waals surface area (Å²) in [6, 6.07) is 14.3. The van der Waals surface area contributed by atoms with Gasteiger partial charge in [-0.15, -0.1) is 0 Å². The van der Waals surface area contributed by atoms with Crippen LogP contribution in [0.3, 0.4) is 0 Å². The number of ketones is 1. The minimum Gasteiger partial charge on any atom is -0.446 e. The maximum Gasteiger partial charge on any atom is 0.421 e. The van der Waals surface area contributed by atoms with E-state index in [0.29, 0.717) is 19.3 Å². The summed E-state index contributed by atoms with van der Waals surface area (Å²) in [6.45, 7) is 6.07. The summed E-state index contributed by atoms with van der Waals surface area (Å²) in [5, 5.41) is 2.67. The van der Waals surface area contributed by atoms with Crippen molar-refractivity contribution < 1.29 is 23.9 Å². The molecule has 1 atom stereocenters. The highest BCUT2D eigenvalue weighted by Gasteiger charge is 2.49. The molecule has 0 saturated carbocycles. The Balaban J connectivity index is 2.35. The number of alkyl halides is 2. The van der Waals surface area contributed by atoms with Crippen molar-refractivity contribution in [3.63, 3.8) is 0 Å². The third kappa shape index (κ3) is 10.5. The predicted octanol–water partition coefficient (Wildman–Crippen LogP) is 8.87. The van der Waals surface area contributed by atoms with Crippen LogP contribution >= 0.6 is 23.2 Å². The summed E-state index contributed by atoms with van der Waals surface area (Å²) in [4.78, 5) is 54.0. The highest BCUT2D eigenvalue weighted by molar-refractivity contribution is 6.71.